The van der Waals surface area contributed by atoms with Gasteiger partial charge >= 0.3 is 6.18 Å². The zero-order valence-electron chi connectivity index (χ0n) is 8.98. The Bertz CT molecular complexity index is 437. The summed E-state index contributed by atoms with van der Waals surface area (Å²) in [7, 11) is 0. The molecular formula is C11H10BrF3N2. The molecule has 1 aromatic rings. The van der Waals surface area contributed by atoms with Gasteiger partial charge in [-0.05, 0) is 40.5 Å². The summed E-state index contributed by atoms with van der Waals surface area (Å²) < 4.78 is 37.7. The fourth-order valence-corrected chi connectivity index (χ4v) is 1.61. The van der Waals surface area contributed by atoms with E-state index in [4.69, 9.17) is 5.26 Å². The summed E-state index contributed by atoms with van der Waals surface area (Å²) in [5.41, 5.74) is 1.48. The zero-order valence-corrected chi connectivity index (χ0v) is 10.6. The first-order valence-corrected chi connectivity index (χ1v) is 5.60. The van der Waals surface area contributed by atoms with Crippen molar-refractivity contribution < 1.29 is 13.2 Å². The molecule has 0 fully saturated rings. The predicted octanol–water partition coefficient (Wildman–Crippen LogP) is 3.87. The molecule has 1 rings (SSSR count). The van der Waals surface area contributed by atoms with Gasteiger partial charge in [-0.25, -0.2) is 0 Å². The van der Waals surface area contributed by atoms with Gasteiger partial charge in [-0.15, -0.1) is 0 Å². The number of benzene rings is 1. The lowest BCUT2D eigenvalue weighted by molar-refractivity contribution is -0.155. The van der Waals surface area contributed by atoms with Gasteiger partial charge in [0.15, 0.2) is 5.92 Å². The van der Waals surface area contributed by atoms with Crippen LogP contribution >= 0.6 is 15.9 Å². The van der Waals surface area contributed by atoms with Crippen molar-refractivity contribution in [2.75, 3.05) is 11.9 Å². The van der Waals surface area contributed by atoms with E-state index in [2.05, 4.69) is 21.2 Å². The van der Waals surface area contributed by atoms with Crippen molar-refractivity contribution in [1.82, 2.24) is 0 Å². The molecule has 0 aliphatic rings. The number of halogens is 4. The van der Waals surface area contributed by atoms with Crippen molar-refractivity contribution in [3.8, 4) is 6.07 Å². The van der Waals surface area contributed by atoms with E-state index >= 15 is 0 Å². The minimum Gasteiger partial charge on any atom is -0.382 e. The van der Waals surface area contributed by atoms with Gasteiger partial charge in [0.1, 0.15) is 0 Å². The molecule has 0 radical (unpaired) electrons. The molecule has 0 saturated carbocycles. The van der Waals surface area contributed by atoms with Crippen LogP contribution in [0.15, 0.2) is 22.7 Å². The first kappa shape index (κ1) is 13.8. The van der Waals surface area contributed by atoms with Crippen LogP contribution in [0, 0.1) is 24.2 Å². The lowest BCUT2D eigenvalue weighted by Crippen LogP contribution is -2.28. The minimum absolute atomic E-state index is 0.456. The molecule has 2 nitrogen and oxygen atoms in total. The second-order valence-electron chi connectivity index (χ2n) is 3.59. The Morgan fingerprint density at radius 1 is 1.47 bits per heavy atom. The second-order valence-corrected chi connectivity index (χ2v) is 4.44. The Morgan fingerprint density at radius 2 is 2.12 bits per heavy atom. The summed E-state index contributed by atoms with van der Waals surface area (Å²) in [5.74, 6) is -2.00. The maximum atomic E-state index is 12.3. The van der Waals surface area contributed by atoms with Crippen molar-refractivity contribution >= 4 is 21.6 Å². The van der Waals surface area contributed by atoms with Crippen LogP contribution in [0.3, 0.4) is 0 Å². The van der Waals surface area contributed by atoms with E-state index in [1.165, 1.54) is 6.07 Å². The molecule has 1 aromatic carbocycles. The van der Waals surface area contributed by atoms with Gasteiger partial charge in [0, 0.05) is 16.7 Å². The molecule has 1 atom stereocenters. The number of alkyl halides is 3. The summed E-state index contributed by atoms with van der Waals surface area (Å²) in [6, 6.07) is 6.54. The fraction of sp³-hybridized carbons (Fsp3) is 0.364. The number of hydrogen-bond acceptors (Lipinski definition) is 2. The molecule has 0 saturated heterocycles. The molecule has 92 valence electrons. The second kappa shape index (κ2) is 5.41. The van der Waals surface area contributed by atoms with Gasteiger partial charge < -0.3 is 5.32 Å². The summed E-state index contributed by atoms with van der Waals surface area (Å²) >= 11 is 3.23. The van der Waals surface area contributed by atoms with E-state index in [0.717, 1.165) is 5.56 Å². The molecule has 0 amide bonds. The van der Waals surface area contributed by atoms with Crippen LogP contribution in [-0.2, 0) is 0 Å². The Kier molecular flexibility index (Phi) is 4.40. The highest BCUT2D eigenvalue weighted by Crippen LogP contribution is 2.28. The van der Waals surface area contributed by atoms with E-state index in [0.29, 0.717) is 10.2 Å². The molecule has 17 heavy (non-hydrogen) atoms. The first-order valence-electron chi connectivity index (χ1n) is 4.81. The lowest BCUT2D eigenvalue weighted by atomic mass is 10.1. The molecule has 0 aromatic heterocycles. The monoisotopic (exact) mass is 306 g/mol. The topological polar surface area (TPSA) is 35.8 Å². The number of hydrogen-bond donors (Lipinski definition) is 1. The molecule has 0 aliphatic carbocycles. The van der Waals surface area contributed by atoms with Gasteiger partial charge in [0.25, 0.3) is 0 Å². The van der Waals surface area contributed by atoms with Gasteiger partial charge in [-0.1, -0.05) is 6.07 Å². The Hall–Kier alpha value is -1.22. The number of anilines is 1. The maximum Gasteiger partial charge on any atom is 0.406 e. The van der Waals surface area contributed by atoms with E-state index in [1.54, 1.807) is 12.1 Å². The largest absolute Gasteiger partial charge is 0.406 e. The number of aryl methyl sites for hydroxylation is 1. The van der Waals surface area contributed by atoms with Crippen LogP contribution < -0.4 is 5.32 Å². The standard InChI is InChI=1S/C11H10BrF3N2/c1-7-2-3-9(12)10(4-7)17-6-8(5-16)11(13,14)15/h2-4,8,17H,6H2,1H3. The average molecular weight is 307 g/mol. The van der Waals surface area contributed by atoms with E-state index in [-0.39, 0.29) is 0 Å². The smallest absolute Gasteiger partial charge is 0.382 e. The average Bonchev–Trinajstić information content (AvgIpc) is 2.22. The summed E-state index contributed by atoms with van der Waals surface area (Å²) in [6.45, 7) is 1.38. The van der Waals surface area contributed by atoms with Crippen molar-refractivity contribution in [2.45, 2.75) is 13.1 Å². The van der Waals surface area contributed by atoms with Gasteiger partial charge in [0.05, 0.1) is 6.07 Å². The number of rotatable bonds is 3. The predicted molar refractivity (Wildman–Crippen MR) is 62.5 cm³/mol. The SMILES string of the molecule is Cc1ccc(Br)c(NCC(C#N)C(F)(F)F)c1. The number of nitrogens with zero attached hydrogens (tertiary/aromatic N) is 1. The molecule has 6 heteroatoms. The number of nitrogens with one attached hydrogen (secondary N) is 1. The molecule has 0 heterocycles. The lowest BCUT2D eigenvalue weighted by Gasteiger charge is -2.15. The van der Waals surface area contributed by atoms with Crippen LogP contribution in [0.2, 0.25) is 0 Å². The maximum absolute atomic E-state index is 12.3. The highest BCUT2D eigenvalue weighted by Gasteiger charge is 2.39. The normalized spacial score (nSPS) is 12.9. The van der Waals surface area contributed by atoms with Crippen molar-refractivity contribution in [2.24, 2.45) is 5.92 Å². The third kappa shape index (κ3) is 3.93. The van der Waals surface area contributed by atoms with Gasteiger partial charge in [-0.2, -0.15) is 18.4 Å². The molecule has 1 N–H and O–H groups in total. The Balaban J connectivity index is 2.73. The van der Waals surface area contributed by atoms with E-state index < -0.39 is 18.6 Å². The molecule has 1 unspecified atom stereocenters. The third-order valence-electron chi connectivity index (χ3n) is 2.17. The van der Waals surface area contributed by atoms with Crippen LogP contribution in [0.25, 0.3) is 0 Å². The van der Waals surface area contributed by atoms with E-state index in [9.17, 15) is 13.2 Å². The highest BCUT2D eigenvalue weighted by molar-refractivity contribution is 9.10. The van der Waals surface area contributed by atoms with Crippen LogP contribution in [-0.4, -0.2) is 12.7 Å². The van der Waals surface area contributed by atoms with Crippen molar-refractivity contribution in [3.05, 3.63) is 28.2 Å². The first-order chi connectivity index (χ1) is 7.84. The van der Waals surface area contributed by atoms with Crippen LogP contribution in [0.5, 0.6) is 0 Å². The highest BCUT2D eigenvalue weighted by atomic mass is 79.9. The summed E-state index contributed by atoms with van der Waals surface area (Å²) in [5, 5.41) is 11.1. The van der Waals surface area contributed by atoms with Crippen LogP contribution in [0.4, 0.5) is 18.9 Å². The Morgan fingerprint density at radius 3 is 2.65 bits per heavy atom. The molecular weight excluding hydrogens is 297 g/mol. The van der Waals surface area contributed by atoms with E-state index in [1.807, 2.05) is 13.0 Å². The fourth-order valence-electron chi connectivity index (χ4n) is 1.22. The Labute approximate surface area is 106 Å². The quantitative estimate of drug-likeness (QED) is 0.920. The summed E-state index contributed by atoms with van der Waals surface area (Å²) in [4.78, 5) is 0. The van der Waals surface area contributed by atoms with Crippen molar-refractivity contribution in [3.63, 3.8) is 0 Å². The van der Waals surface area contributed by atoms with Gasteiger partial charge in [0.2, 0.25) is 0 Å². The zero-order chi connectivity index (χ0) is 13.1. The molecule has 0 aliphatic heterocycles. The molecule has 0 spiro atoms. The summed E-state index contributed by atoms with van der Waals surface area (Å²) in [6.07, 6.45) is -4.50. The number of nitriles is 1. The van der Waals surface area contributed by atoms with Crippen LogP contribution in [0.1, 0.15) is 5.56 Å². The minimum atomic E-state index is -4.50. The van der Waals surface area contributed by atoms with Crippen molar-refractivity contribution in [1.29, 1.82) is 5.26 Å². The third-order valence-corrected chi connectivity index (χ3v) is 2.86. The van der Waals surface area contributed by atoms with Gasteiger partial charge in [-0.3, -0.25) is 0 Å². The molecule has 0 bridgehead atoms.